The third-order valence-electron chi connectivity index (χ3n) is 2.69. The molecular formula is C10H23NO. The summed E-state index contributed by atoms with van der Waals surface area (Å²) in [6.07, 6.45) is 0. The maximum absolute atomic E-state index is 5.78. The van der Waals surface area contributed by atoms with E-state index >= 15 is 0 Å². The standard InChI is InChI=1S/C10H23NO/c1-6-12-10(7-11,8(2)3)9(4)5/h8-9H,6-7,11H2,1-5H3. The Hall–Kier alpha value is -0.0800. The molecule has 0 radical (unpaired) electrons. The highest BCUT2D eigenvalue weighted by Crippen LogP contribution is 2.29. The molecule has 2 N–H and O–H groups in total. The van der Waals surface area contributed by atoms with Gasteiger partial charge in [0.1, 0.15) is 0 Å². The minimum absolute atomic E-state index is 0.130. The minimum Gasteiger partial charge on any atom is -0.373 e. The van der Waals surface area contributed by atoms with Crippen LogP contribution in [0.5, 0.6) is 0 Å². The van der Waals surface area contributed by atoms with E-state index in [0.29, 0.717) is 18.4 Å². The van der Waals surface area contributed by atoms with Crippen LogP contribution in [0.15, 0.2) is 0 Å². The van der Waals surface area contributed by atoms with E-state index < -0.39 is 0 Å². The van der Waals surface area contributed by atoms with Gasteiger partial charge in [-0.25, -0.2) is 0 Å². The van der Waals surface area contributed by atoms with Crippen LogP contribution >= 0.6 is 0 Å². The normalized spacial score (nSPS) is 13.0. The second kappa shape index (κ2) is 4.83. The highest BCUT2D eigenvalue weighted by Gasteiger charge is 2.36. The van der Waals surface area contributed by atoms with Crippen molar-refractivity contribution in [2.24, 2.45) is 17.6 Å². The summed E-state index contributed by atoms with van der Waals surface area (Å²) in [7, 11) is 0. The Morgan fingerprint density at radius 3 is 1.67 bits per heavy atom. The molecule has 0 aromatic rings. The molecule has 0 fully saturated rings. The van der Waals surface area contributed by atoms with Crippen molar-refractivity contribution in [3.8, 4) is 0 Å². The second-order valence-electron chi connectivity index (χ2n) is 3.90. The number of hydrogen-bond acceptors (Lipinski definition) is 2. The zero-order valence-corrected chi connectivity index (χ0v) is 9.05. The van der Waals surface area contributed by atoms with Crippen LogP contribution < -0.4 is 5.73 Å². The van der Waals surface area contributed by atoms with Crippen LogP contribution in [0.3, 0.4) is 0 Å². The van der Waals surface area contributed by atoms with Gasteiger partial charge in [-0.05, 0) is 18.8 Å². The van der Waals surface area contributed by atoms with Crippen LogP contribution in [-0.4, -0.2) is 18.8 Å². The molecule has 12 heavy (non-hydrogen) atoms. The average molecular weight is 173 g/mol. The van der Waals surface area contributed by atoms with E-state index in [1.54, 1.807) is 0 Å². The first-order valence-corrected chi connectivity index (χ1v) is 4.85. The number of nitrogens with two attached hydrogens (primary N) is 1. The van der Waals surface area contributed by atoms with Crippen molar-refractivity contribution in [1.82, 2.24) is 0 Å². The Kier molecular flexibility index (Phi) is 4.80. The first-order valence-electron chi connectivity index (χ1n) is 4.85. The van der Waals surface area contributed by atoms with Gasteiger partial charge in [0.2, 0.25) is 0 Å². The van der Waals surface area contributed by atoms with Gasteiger partial charge in [0.15, 0.2) is 0 Å². The molecule has 0 aliphatic carbocycles. The predicted molar refractivity (Wildman–Crippen MR) is 53.1 cm³/mol. The van der Waals surface area contributed by atoms with Crippen molar-refractivity contribution in [2.75, 3.05) is 13.2 Å². The maximum Gasteiger partial charge on any atom is 0.0849 e. The van der Waals surface area contributed by atoms with Crippen LogP contribution in [0, 0.1) is 11.8 Å². The SMILES string of the molecule is CCOC(CN)(C(C)C)C(C)C. The summed E-state index contributed by atoms with van der Waals surface area (Å²) in [5.41, 5.74) is 5.64. The molecule has 0 aliphatic rings. The van der Waals surface area contributed by atoms with Crippen molar-refractivity contribution in [2.45, 2.75) is 40.2 Å². The fourth-order valence-electron chi connectivity index (χ4n) is 1.80. The first-order chi connectivity index (χ1) is 5.51. The van der Waals surface area contributed by atoms with E-state index in [1.165, 1.54) is 0 Å². The van der Waals surface area contributed by atoms with Gasteiger partial charge in [-0.15, -0.1) is 0 Å². The lowest BCUT2D eigenvalue weighted by molar-refractivity contribution is -0.0979. The van der Waals surface area contributed by atoms with Crippen LogP contribution in [-0.2, 0) is 4.74 Å². The van der Waals surface area contributed by atoms with Gasteiger partial charge in [0.25, 0.3) is 0 Å². The van der Waals surface area contributed by atoms with Crippen molar-refractivity contribution < 1.29 is 4.74 Å². The molecule has 0 saturated carbocycles. The number of ether oxygens (including phenoxy) is 1. The molecule has 0 aliphatic heterocycles. The minimum atomic E-state index is -0.130. The van der Waals surface area contributed by atoms with E-state index in [4.69, 9.17) is 10.5 Å². The molecule has 0 amide bonds. The van der Waals surface area contributed by atoms with Crippen molar-refractivity contribution in [3.05, 3.63) is 0 Å². The quantitative estimate of drug-likeness (QED) is 0.690. The molecule has 0 aromatic carbocycles. The van der Waals surface area contributed by atoms with Crippen LogP contribution in [0.2, 0.25) is 0 Å². The van der Waals surface area contributed by atoms with E-state index in [9.17, 15) is 0 Å². The zero-order valence-electron chi connectivity index (χ0n) is 9.05. The topological polar surface area (TPSA) is 35.2 Å². The molecular weight excluding hydrogens is 150 g/mol. The average Bonchev–Trinajstić information content (AvgIpc) is 1.98. The molecule has 74 valence electrons. The van der Waals surface area contributed by atoms with Crippen molar-refractivity contribution >= 4 is 0 Å². The Labute approximate surface area is 76.5 Å². The van der Waals surface area contributed by atoms with Gasteiger partial charge in [0.05, 0.1) is 5.60 Å². The van der Waals surface area contributed by atoms with Gasteiger partial charge in [0, 0.05) is 13.2 Å². The van der Waals surface area contributed by atoms with E-state index in [0.717, 1.165) is 6.61 Å². The Balaban J connectivity index is 4.51. The smallest absolute Gasteiger partial charge is 0.0849 e. The van der Waals surface area contributed by atoms with Crippen LogP contribution in [0.4, 0.5) is 0 Å². The van der Waals surface area contributed by atoms with Gasteiger partial charge in [-0.3, -0.25) is 0 Å². The second-order valence-corrected chi connectivity index (χ2v) is 3.90. The maximum atomic E-state index is 5.78. The Bertz CT molecular complexity index is 113. The van der Waals surface area contributed by atoms with E-state index in [-0.39, 0.29) is 5.60 Å². The zero-order chi connectivity index (χ0) is 9.78. The summed E-state index contributed by atoms with van der Waals surface area (Å²) < 4.78 is 5.78. The fraction of sp³-hybridized carbons (Fsp3) is 1.00. The molecule has 0 atom stereocenters. The Morgan fingerprint density at radius 2 is 1.58 bits per heavy atom. The molecule has 0 bridgehead atoms. The molecule has 0 aromatic heterocycles. The van der Waals surface area contributed by atoms with Crippen molar-refractivity contribution in [3.63, 3.8) is 0 Å². The van der Waals surface area contributed by atoms with E-state index in [2.05, 4.69) is 27.7 Å². The molecule has 0 unspecified atom stereocenters. The van der Waals surface area contributed by atoms with Gasteiger partial charge < -0.3 is 10.5 Å². The number of rotatable bonds is 5. The molecule has 2 nitrogen and oxygen atoms in total. The summed E-state index contributed by atoms with van der Waals surface area (Å²) in [4.78, 5) is 0. The molecule has 0 rings (SSSR count). The summed E-state index contributed by atoms with van der Waals surface area (Å²) in [5, 5.41) is 0. The third kappa shape index (κ3) is 2.20. The lowest BCUT2D eigenvalue weighted by Crippen LogP contribution is -2.50. The fourth-order valence-corrected chi connectivity index (χ4v) is 1.80. The predicted octanol–water partition coefficient (Wildman–Crippen LogP) is 2.03. The molecule has 0 saturated heterocycles. The van der Waals surface area contributed by atoms with Gasteiger partial charge in [-0.2, -0.15) is 0 Å². The lowest BCUT2D eigenvalue weighted by Gasteiger charge is -2.40. The third-order valence-corrected chi connectivity index (χ3v) is 2.69. The van der Waals surface area contributed by atoms with Crippen LogP contribution in [0.1, 0.15) is 34.6 Å². The molecule has 0 heterocycles. The highest BCUT2D eigenvalue weighted by atomic mass is 16.5. The van der Waals surface area contributed by atoms with Gasteiger partial charge >= 0.3 is 0 Å². The Morgan fingerprint density at radius 1 is 1.17 bits per heavy atom. The summed E-state index contributed by atoms with van der Waals surface area (Å²) in [6, 6.07) is 0. The number of hydrogen-bond donors (Lipinski definition) is 1. The molecule has 2 heteroatoms. The van der Waals surface area contributed by atoms with Crippen molar-refractivity contribution in [1.29, 1.82) is 0 Å². The monoisotopic (exact) mass is 173 g/mol. The largest absolute Gasteiger partial charge is 0.373 e. The van der Waals surface area contributed by atoms with E-state index in [1.807, 2.05) is 6.92 Å². The summed E-state index contributed by atoms with van der Waals surface area (Å²) >= 11 is 0. The lowest BCUT2D eigenvalue weighted by atomic mass is 9.80. The molecule has 0 spiro atoms. The summed E-state index contributed by atoms with van der Waals surface area (Å²) in [5.74, 6) is 0.949. The van der Waals surface area contributed by atoms with Crippen LogP contribution in [0.25, 0.3) is 0 Å². The highest BCUT2D eigenvalue weighted by molar-refractivity contribution is 4.88. The summed E-state index contributed by atoms with van der Waals surface area (Å²) in [6.45, 7) is 12.1. The van der Waals surface area contributed by atoms with Gasteiger partial charge in [-0.1, -0.05) is 27.7 Å². The first kappa shape index (κ1) is 11.9.